The molecule has 1 aromatic carbocycles. The van der Waals surface area contributed by atoms with E-state index in [2.05, 4.69) is 15.3 Å². The molecule has 208 valence electrons. The van der Waals surface area contributed by atoms with Gasteiger partial charge < -0.3 is 15.0 Å². The molecular weight excluding hydrogens is 507 g/mol. The van der Waals surface area contributed by atoms with E-state index in [0.717, 1.165) is 30.9 Å². The quantitative estimate of drug-likeness (QED) is 0.478. The molecule has 0 spiro atoms. The summed E-state index contributed by atoms with van der Waals surface area (Å²) in [5, 5.41) is 2.98. The molecule has 0 radical (unpaired) electrons. The Hall–Kier alpha value is -2.44. The molecule has 2 atom stereocenters. The van der Waals surface area contributed by atoms with Crippen LogP contribution in [0.4, 0.5) is 24.8 Å². The number of rotatable bonds is 9. The molecule has 1 aliphatic rings. The monoisotopic (exact) mass is 545 g/mol. The standard InChI is InChI=1S/C24H34F3N5O3S.CH4/c1-31(2)15-16-10-11-19(22(12-16)35-4)29-23-28-14-18(24(25,26)27)20(30-23)13-17-8-6-7-9-21(17)32(3)36(5,33)34;/h10-12,14,17,21H,6-9,13,15H2,1-5H3,(H,28,29,30);1H4/t17-,21+;/m0./s1. The van der Waals surface area contributed by atoms with Crippen molar-refractivity contribution in [1.29, 1.82) is 0 Å². The first-order valence-corrected chi connectivity index (χ1v) is 13.6. The zero-order valence-electron chi connectivity index (χ0n) is 21.3. The number of benzene rings is 1. The van der Waals surface area contributed by atoms with Gasteiger partial charge in [-0.2, -0.15) is 13.2 Å². The van der Waals surface area contributed by atoms with E-state index in [1.54, 1.807) is 6.07 Å². The van der Waals surface area contributed by atoms with E-state index < -0.39 is 21.8 Å². The molecular formula is C25H38F3N5O3S. The van der Waals surface area contributed by atoms with Gasteiger partial charge in [-0.1, -0.05) is 26.3 Å². The molecule has 0 aliphatic heterocycles. The highest BCUT2D eigenvalue weighted by molar-refractivity contribution is 7.88. The maximum Gasteiger partial charge on any atom is 0.419 e. The molecule has 3 rings (SSSR count). The Morgan fingerprint density at radius 2 is 1.84 bits per heavy atom. The Bertz CT molecular complexity index is 1160. The summed E-state index contributed by atoms with van der Waals surface area (Å²) in [6, 6.07) is 5.13. The van der Waals surface area contributed by atoms with Gasteiger partial charge in [0.2, 0.25) is 16.0 Å². The van der Waals surface area contributed by atoms with Gasteiger partial charge in [-0.3, -0.25) is 0 Å². The predicted molar refractivity (Wildman–Crippen MR) is 139 cm³/mol. The molecule has 1 N–H and O–H groups in total. The number of aromatic nitrogens is 2. The van der Waals surface area contributed by atoms with Gasteiger partial charge in [-0.15, -0.1) is 0 Å². The lowest BCUT2D eigenvalue weighted by molar-refractivity contribution is -0.138. The van der Waals surface area contributed by atoms with Crippen LogP contribution in [-0.2, 0) is 29.2 Å². The number of halogens is 3. The van der Waals surface area contributed by atoms with Crippen LogP contribution >= 0.6 is 0 Å². The summed E-state index contributed by atoms with van der Waals surface area (Å²) in [6.45, 7) is 0.696. The van der Waals surface area contributed by atoms with Crippen molar-refractivity contribution in [3.63, 3.8) is 0 Å². The predicted octanol–water partition coefficient (Wildman–Crippen LogP) is 4.94. The van der Waals surface area contributed by atoms with Crippen molar-refractivity contribution in [3.8, 4) is 5.75 Å². The molecule has 0 amide bonds. The minimum atomic E-state index is -4.63. The van der Waals surface area contributed by atoms with Crippen molar-refractivity contribution in [2.75, 3.05) is 39.8 Å². The lowest BCUT2D eigenvalue weighted by Crippen LogP contribution is -2.44. The van der Waals surface area contributed by atoms with Crippen molar-refractivity contribution in [3.05, 3.63) is 41.2 Å². The van der Waals surface area contributed by atoms with Gasteiger partial charge in [0.1, 0.15) is 5.75 Å². The number of anilines is 2. The zero-order valence-corrected chi connectivity index (χ0v) is 22.1. The van der Waals surface area contributed by atoms with Crippen LogP contribution in [0.2, 0.25) is 0 Å². The summed E-state index contributed by atoms with van der Waals surface area (Å²) in [7, 11) is 3.41. The molecule has 2 aromatic rings. The summed E-state index contributed by atoms with van der Waals surface area (Å²) >= 11 is 0. The van der Waals surface area contributed by atoms with E-state index in [1.807, 2.05) is 31.1 Å². The van der Waals surface area contributed by atoms with Gasteiger partial charge in [-0.25, -0.2) is 22.7 Å². The molecule has 37 heavy (non-hydrogen) atoms. The molecule has 12 heteroatoms. The number of alkyl halides is 3. The molecule has 1 aromatic heterocycles. The van der Waals surface area contributed by atoms with Gasteiger partial charge in [0, 0.05) is 25.8 Å². The van der Waals surface area contributed by atoms with E-state index in [-0.39, 0.29) is 37.4 Å². The summed E-state index contributed by atoms with van der Waals surface area (Å²) in [4.78, 5) is 10.2. The second kappa shape index (κ2) is 12.4. The van der Waals surface area contributed by atoms with E-state index in [4.69, 9.17) is 4.74 Å². The van der Waals surface area contributed by atoms with Gasteiger partial charge in [0.05, 0.1) is 30.3 Å². The van der Waals surface area contributed by atoms with Crippen LogP contribution in [0, 0.1) is 5.92 Å². The topological polar surface area (TPSA) is 87.7 Å². The van der Waals surface area contributed by atoms with Crippen LogP contribution in [0.15, 0.2) is 24.4 Å². The molecule has 8 nitrogen and oxygen atoms in total. The first-order chi connectivity index (χ1) is 16.8. The second-order valence-corrected chi connectivity index (χ2v) is 11.6. The van der Waals surface area contributed by atoms with Crippen molar-refractivity contribution in [2.24, 2.45) is 5.92 Å². The van der Waals surface area contributed by atoms with E-state index in [9.17, 15) is 21.6 Å². The molecule has 1 heterocycles. The fraction of sp³-hybridized carbons (Fsp3) is 0.600. The maximum absolute atomic E-state index is 13.8. The second-order valence-electron chi connectivity index (χ2n) is 9.54. The van der Waals surface area contributed by atoms with Crippen molar-refractivity contribution >= 4 is 21.7 Å². The number of nitrogens with zero attached hydrogens (tertiary/aromatic N) is 4. The normalized spacial score (nSPS) is 18.5. The number of nitrogens with one attached hydrogen (secondary N) is 1. The van der Waals surface area contributed by atoms with Crippen molar-refractivity contribution < 1.29 is 26.3 Å². The van der Waals surface area contributed by atoms with Gasteiger partial charge in [0.15, 0.2) is 0 Å². The number of hydrogen-bond acceptors (Lipinski definition) is 7. The van der Waals surface area contributed by atoms with Crippen molar-refractivity contribution in [2.45, 2.75) is 58.3 Å². The fourth-order valence-corrected chi connectivity index (χ4v) is 5.46. The minimum absolute atomic E-state index is 0. The average Bonchev–Trinajstić information content (AvgIpc) is 2.78. The van der Waals surface area contributed by atoms with E-state index >= 15 is 0 Å². The van der Waals surface area contributed by atoms with Gasteiger partial charge in [-0.05, 0) is 57.0 Å². The highest BCUT2D eigenvalue weighted by atomic mass is 32.2. The number of methoxy groups -OCH3 is 1. The van der Waals surface area contributed by atoms with Crippen LogP contribution in [0.3, 0.4) is 0 Å². The highest BCUT2D eigenvalue weighted by Gasteiger charge is 2.38. The largest absolute Gasteiger partial charge is 0.495 e. The lowest BCUT2D eigenvalue weighted by Gasteiger charge is -2.37. The van der Waals surface area contributed by atoms with Crippen LogP contribution in [0.1, 0.15) is 49.9 Å². The third-order valence-electron chi connectivity index (χ3n) is 6.50. The maximum atomic E-state index is 13.8. The summed E-state index contributed by atoms with van der Waals surface area (Å²) in [5.74, 6) is 0.240. The lowest BCUT2D eigenvalue weighted by atomic mass is 9.81. The summed E-state index contributed by atoms with van der Waals surface area (Å²) in [5.41, 5.74) is 0.475. The third-order valence-corrected chi connectivity index (χ3v) is 7.82. The zero-order chi connectivity index (χ0) is 26.7. The van der Waals surface area contributed by atoms with Gasteiger partial charge in [0.25, 0.3) is 0 Å². The van der Waals surface area contributed by atoms with Crippen LogP contribution < -0.4 is 10.1 Å². The number of hydrogen-bond donors (Lipinski definition) is 1. The molecule has 1 saturated carbocycles. The summed E-state index contributed by atoms with van der Waals surface area (Å²) < 4.78 is 72.6. The Morgan fingerprint density at radius 3 is 2.43 bits per heavy atom. The fourth-order valence-electron chi connectivity index (χ4n) is 4.69. The highest BCUT2D eigenvalue weighted by Crippen LogP contribution is 2.37. The Balaban J connectivity index is 0.00000481. The Morgan fingerprint density at radius 1 is 1.16 bits per heavy atom. The van der Waals surface area contributed by atoms with Crippen LogP contribution in [0.5, 0.6) is 5.75 Å². The average molecular weight is 546 g/mol. The smallest absolute Gasteiger partial charge is 0.419 e. The number of sulfonamides is 1. The van der Waals surface area contributed by atoms with Crippen molar-refractivity contribution in [1.82, 2.24) is 19.2 Å². The van der Waals surface area contributed by atoms with Gasteiger partial charge >= 0.3 is 6.18 Å². The SMILES string of the molecule is C.COc1cc(CN(C)C)ccc1Nc1ncc(C(F)(F)F)c(C[C@@H]2CCCC[C@H]2N(C)S(C)(=O)=O)n1. The molecule has 1 fully saturated rings. The Kier molecular flexibility index (Phi) is 10.3. The first-order valence-electron chi connectivity index (χ1n) is 11.7. The molecule has 1 aliphatic carbocycles. The minimum Gasteiger partial charge on any atom is -0.495 e. The summed E-state index contributed by atoms with van der Waals surface area (Å²) in [6.07, 6.45) is 0.138. The molecule has 0 unspecified atom stereocenters. The molecule has 0 bridgehead atoms. The van der Waals surface area contributed by atoms with Crippen LogP contribution in [-0.4, -0.2) is 68.1 Å². The van der Waals surface area contributed by atoms with E-state index in [0.29, 0.717) is 30.8 Å². The third kappa shape index (κ3) is 8.02. The van der Waals surface area contributed by atoms with Crippen LogP contribution in [0.25, 0.3) is 0 Å². The Labute approximate surface area is 218 Å². The molecule has 0 saturated heterocycles. The van der Waals surface area contributed by atoms with E-state index in [1.165, 1.54) is 18.5 Å². The first kappa shape index (κ1) is 30.8. The number of ether oxygens (including phenoxy) is 1.